The van der Waals surface area contributed by atoms with Crippen molar-refractivity contribution in [2.75, 3.05) is 6.61 Å². The summed E-state index contributed by atoms with van der Waals surface area (Å²) >= 11 is 0. The molecule has 1 N–H and O–H groups in total. The maximum atomic E-state index is 13.3. The molecule has 0 aliphatic heterocycles. The van der Waals surface area contributed by atoms with Gasteiger partial charge in [0.2, 0.25) is 10.0 Å². The SMILES string of the molecule is CCCC(C)S(=O)(=O)NC(COc1ccc2c(cnn2-c2ccc(F)cc2)c1)Cc1ccccc1. The standard InChI is InChI=1S/C27H30FN3O3S/c1-3-7-20(2)35(32,33)30-24(16-21-8-5-4-6-9-21)19-34-26-14-15-27-22(17-26)18-29-31(27)25-12-10-23(28)11-13-25/h4-6,8-15,17-18,20,24,30H,3,7,16,19H2,1-2H3. The van der Waals surface area contributed by atoms with Crippen molar-refractivity contribution in [3.05, 3.63) is 90.4 Å². The van der Waals surface area contributed by atoms with E-state index in [1.807, 2.05) is 55.5 Å². The van der Waals surface area contributed by atoms with Crippen molar-refractivity contribution in [2.45, 2.75) is 44.4 Å². The number of sulfonamides is 1. The Morgan fingerprint density at radius 2 is 1.80 bits per heavy atom. The molecule has 0 saturated carbocycles. The number of rotatable bonds is 11. The van der Waals surface area contributed by atoms with E-state index in [1.54, 1.807) is 29.9 Å². The summed E-state index contributed by atoms with van der Waals surface area (Å²) in [5.41, 5.74) is 2.65. The molecule has 184 valence electrons. The van der Waals surface area contributed by atoms with E-state index in [0.717, 1.165) is 28.6 Å². The van der Waals surface area contributed by atoms with Crippen LogP contribution in [0, 0.1) is 5.82 Å². The van der Waals surface area contributed by atoms with E-state index in [1.165, 1.54) is 12.1 Å². The van der Waals surface area contributed by atoms with Gasteiger partial charge in [-0.15, -0.1) is 0 Å². The highest BCUT2D eigenvalue weighted by Gasteiger charge is 2.24. The minimum Gasteiger partial charge on any atom is -0.492 e. The van der Waals surface area contributed by atoms with Crippen molar-refractivity contribution in [1.29, 1.82) is 0 Å². The molecule has 0 bridgehead atoms. The van der Waals surface area contributed by atoms with Crippen molar-refractivity contribution in [3.8, 4) is 11.4 Å². The van der Waals surface area contributed by atoms with Gasteiger partial charge in [-0.1, -0.05) is 43.7 Å². The maximum Gasteiger partial charge on any atom is 0.214 e. The van der Waals surface area contributed by atoms with Gasteiger partial charge in [0.25, 0.3) is 0 Å². The number of ether oxygens (including phenoxy) is 1. The van der Waals surface area contributed by atoms with Gasteiger partial charge >= 0.3 is 0 Å². The van der Waals surface area contributed by atoms with Crippen molar-refractivity contribution < 1.29 is 17.5 Å². The number of fused-ring (bicyclic) bond motifs is 1. The Kier molecular flexibility index (Phi) is 7.83. The zero-order valence-electron chi connectivity index (χ0n) is 19.9. The molecule has 3 aromatic carbocycles. The van der Waals surface area contributed by atoms with Gasteiger partial charge in [0.05, 0.1) is 28.7 Å². The summed E-state index contributed by atoms with van der Waals surface area (Å²) in [4.78, 5) is 0. The van der Waals surface area contributed by atoms with Gasteiger partial charge in [-0.25, -0.2) is 22.2 Å². The van der Waals surface area contributed by atoms with E-state index in [0.29, 0.717) is 18.6 Å². The van der Waals surface area contributed by atoms with Crippen molar-refractivity contribution in [1.82, 2.24) is 14.5 Å². The second kappa shape index (κ2) is 11.0. The lowest BCUT2D eigenvalue weighted by atomic mass is 10.1. The summed E-state index contributed by atoms with van der Waals surface area (Å²) in [6, 6.07) is 21.1. The highest BCUT2D eigenvalue weighted by molar-refractivity contribution is 7.90. The summed E-state index contributed by atoms with van der Waals surface area (Å²) in [6.07, 6.45) is 3.64. The van der Waals surface area contributed by atoms with Crippen LogP contribution in [0.4, 0.5) is 4.39 Å². The number of hydrogen-bond acceptors (Lipinski definition) is 4. The predicted octanol–water partition coefficient (Wildman–Crippen LogP) is 5.26. The second-order valence-electron chi connectivity index (χ2n) is 8.71. The van der Waals surface area contributed by atoms with Crippen LogP contribution in [0.15, 0.2) is 79.0 Å². The smallest absolute Gasteiger partial charge is 0.214 e. The van der Waals surface area contributed by atoms with Crippen molar-refractivity contribution in [2.24, 2.45) is 0 Å². The molecule has 2 unspecified atom stereocenters. The molecule has 0 amide bonds. The monoisotopic (exact) mass is 495 g/mol. The average Bonchev–Trinajstić information content (AvgIpc) is 3.27. The minimum atomic E-state index is -3.48. The summed E-state index contributed by atoms with van der Waals surface area (Å²) in [7, 11) is -3.48. The van der Waals surface area contributed by atoms with Crippen LogP contribution in [0.25, 0.3) is 16.6 Å². The second-order valence-corrected chi connectivity index (χ2v) is 10.8. The molecule has 1 aromatic heterocycles. The molecule has 8 heteroatoms. The number of nitrogens with zero attached hydrogens (tertiary/aromatic N) is 2. The molecular weight excluding hydrogens is 465 g/mol. The fourth-order valence-electron chi connectivity index (χ4n) is 4.03. The van der Waals surface area contributed by atoms with E-state index < -0.39 is 21.3 Å². The molecule has 0 aliphatic carbocycles. The highest BCUT2D eigenvalue weighted by atomic mass is 32.2. The first kappa shape index (κ1) is 24.9. The van der Waals surface area contributed by atoms with Gasteiger partial charge in [0, 0.05) is 5.39 Å². The van der Waals surface area contributed by atoms with Crippen LogP contribution in [0.5, 0.6) is 5.75 Å². The zero-order chi connectivity index (χ0) is 24.8. The van der Waals surface area contributed by atoms with Gasteiger partial charge in [0.1, 0.15) is 18.2 Å². The van der Waals surface area contributed by atoms with Crippen LogP contribution < -0.4 is 9.46 Å². The molecular formula is C27H30FN3O3S. The molecule has 0 saturated heterocycles. The molecule has 6 nitrogen and oxygen atoms in total. The largest absolute Gasteiger partial charge is 0.492 e. The quantitative estimate of drug-likeness (QED) is 0.308. The van der Waals surface area contributed by atoms with Gasteiger partial charge in [-0.05, 0) is 67.8 Å². The Hall–Kier alpha value is -3.23. The lowest BCUT2D eigenvalue weighted by molar-refractivity contribution is 0.278. The first-order valence-electron chi connectivity index (χ1n) is 11.8. The molecule has 0 fully saturated rings. The van der Waals surface area contributed by atoms with Crippen molar-refractivity contribution >= 4 is 20.9 Å². The molecule has 1 heterocycles. The molecule has 0 spiro atoms. The fraction of sp³-hybridized carbons (Fsp3) is 0.296. The third-order valence-corrected chi connectivity index (χ3v) is 7.90. The first-order chi connectivity index (χ1) is 16.9. The Morgan fingerprint density at radius 3 is 2.51 bits per heavy atom. The zero-order valence-corrected chi connectivity index (χ0v) is 20.7. The molecule has 35 heavy (non-hydrogen) atoms. The first-order valence-corrected chi connectivity index (χ1v) is 13.3. The number of hydrogen-bond donors (Lipinski definition) is 1. The molecule has 4 aromatic rings. The van der Waals surface area contributed by atoms with E-state index in [4.69, 9.17) is 4.74 Å². The predicted molar refractivity (Wildman–Crippen MR) is 137 cm³/mol. The number of aromatic nitrogens is 2. The number of halogens is 1. The van der Waals surface area contributed by atoms with Gasteiger partial charge in [-0.2, -0.15) is 5.10 Å². The molecule has 2 atom stereocenters. The lowest BCUT2D eigenvalue weighted by Crippen LogP contribution is -2.44. The summed E-state index contributed by atoms with van der Waals surface area (Å²) in [5, 5.41) is 4.81. The Labute approximate surface area is 205 Å². The van der Waals surface area contributed by atoms with E-state index >= 15 is 0 Å². The summed E-state index contributed by atoms with van der Waals surface area (Å²) < 4.78 is 49.7. The van der Waals surface area contributed by atoms with Crippen LogP contribution in [-0.2, 0) is 16.4 Å². The fourth-order valence-corrected chi connectivity index (χ4v) is 5.42. The van der Waals surface area contributed by atoms with Crippen molar-refractivity contribution in [3.63, 3.8) is 0 Å². The summed E-state index contributed by atoms with van der Waals surface area (Å²) in [5.74, 6) is 0.320. The van der Waals surface area contributed by atoms with E-state index in [-0.39, 0.29) is 12.4 Å². The Morgan fingerprint density at radius 1 is 1.06 bits per heavy atom. The van der Waals surface area contributed by atoms with Crippen LogP contribution in [0.3, 0.4) is 0 Å². The van der Waals surface area contributed by atoms with E-state index in [9.17, 15) is 12.8 Å². The highest BCUT2D eigenvalue weighted by Crippen LogP contribution is 2.24. The molecule has 4 rings (SSSR count). The Balaban J connectivity index is 1.51. The summed E-state index contributed by atoms with van der Waals surface area (Å²) in [6.45, 7) is 3.90. The average molecular weight is 496 g/mol. The number of nitrogens with one attached hydrogen (secondary N) is 1. The normalized spacial score (nSPS) is 13.6. The van der Waals surface area contributed by atoms with E-state index in [2.05, 4.69) is 9.82 Å². The van der Waals surface area contributed by atoms with Crippen LogP contribution >= 0.6 is 0 Å². The van der Waals surface area contributed by atoms with Gasteiger partial charge in [-0.3, -0.25) is 0 Å². The minimum absolute atomic E-state index is 0.185. The van der Waals surface area contributed by atoms with Gasteiger partial charge in [0.15, 0.2) is 0 Å². The third kappa shape index (κ3) is 6.26. The van der Waals surface area contributed by atoms with Crippen LogP contribution in [0.1, 0.15) is 32.3 Å². The lowest BCUT2D eigenvalue weighted by Gasteiger charge is -2.22. The molecule has 0 aliphatic rings. The third-order valence-electron chi connectivity index (χ3n) is 5.94. The van der Waals surface area contributed by atoms with Gasteiger partial charge < -0.3 is 4.74 Å². The topological polar surface area (TPSA) is 73.2 Å². The van der Waals surface area contributed by atoms with Crippen LogP contribution in [0.2, 0.25) is 0 Å². The number of benzene rings is 3. The van der Waals surface area contributed by atoms with Crippen LogP contribution in [-0.4, -0.2) is 36.1 Å². The Bertz CT molecular complexity index is 1360. The molecule has 0 radical (unpaired) electrons. The maximum absolute atomic E-state index is 13.3.